The van der Waals surface area contributed by atoms with Gasteiger partial charge in [0, 0.05) is 0 Å². The molecule has 25 heavy (non-hydrogen) atoms. The maximum Gasteiger partial charge on any atom is 0.234 e. The fourth-order valence-electron chi connectivity index (χ4n) is 2.34. The Morgan fingerprint density at radius 1 is 1.24 bits per heavy atom. The van der Waals surface area contributed by atoms with Gasteiger partial charge in [0.25, 0.3) is 0 Å². The van der Waals surface area contributed by atoms with Crippen molar-refractivity contribution >= 4 is 39.8 Å². The molecular weight excluding hydrogens is 356 g/mol. The molecule has 0 atom stereocenters. The van der Waals surface area contributed by atoms with Crippen LogP contribution in [0.4, 0.5) is 10.8 Å². The number of rotatable bonds is 5. The lowest BCUT2D eigenvalue weighted by molar-refractivity contribution is -0.113. The third kappa shape index (κ3) is 3.99. The number of benzene rings is 1. The molecule has 0 saturated carbocycles. The minimum Gasteiger partial charge on any atom is -0.374 e. The number of anilines is 2. The van der Waals surface area contributed by atoms with Crippen LogP contribution in [0.2, 0.25) is 0 Å². The lowest BCUT2D eigenvalue weighted by Gasteiger charge is -2.07. The summed E-state index contributed by atoms with van der Waals surface area (Å²) in [5.41, 5.74) is 10.1. The van der Waals surface area contributed by atoms with E-state index < -0.39 is 0 Å². The van der Waals surface area contributed by atoms with Crippen molar-refractivity contribution in [3.05, 3.63) is 41.2 Å². The minimum atomic E-state index is -0.117. The molecule has 0 bridgehead atoms. The Labute approximate surface area is 153 Å². The van der Waals surface area contributed by atoms with Gasteiger partial charge in [0.2, 0.25) is 11.0 Å². The van der Waals surface area contributed by atoms with E-state index in [1.165, 1.54) is 28.7 Å². The average Bonchev–Trinajstić information content (AvgIpc) is 3.12. The van der Waals surface area contributed by atoms with Crippen LogP contribution in [0.1, 0.15) is 17.0 Å². The molecule has 0 spiro atoms. The monoisotopic (exact) mass is 374 g/mol. The molecule has 0 aliphatic heterocycles. The lowest BCUT2D eigenvalue weighted by atomic mass is 10.2. The predicted octanol–water partition coefficient (Wildman–Crippen LogP) is 2.96. The first-order valence-electron chi connectivity index (χ1n) is 7.59. The number of hydrogen-bond donors (Lipinski definition) is 2. The van der Waals surface area contributed by atoms with E-state index in [1.807, 2.05) is 49.7 Å². The first-order chi connectivity index (χ1) is 11.9. The van der Waals surface area contributed by atoms with Crippen LogP contribution in [-0.4, -0.2) is 31.6 Å². The first-order valence-corrected chi connectivity index (χ1v) is 9.39. The van der Waals surface area contributed by atoms with Crippen molar-refractivity contribution in [3.63, 3.8) is 0 Å². The fourth-order valence-corrected chi connectivity index (χ4v) is 3.78. The molecule has 3 rings (SSSR count). The molecule has 130 valence electrons. The highest BCUT2D eigenvalue weighted by Crippen LogP contribution is 2.25. The standard InChI is InChI=1S/C16H18N6OS2/c1-9-4-6-12(7-5-9)22-11(3)14(10(2)21-22)18-13(23)8-24-16-20-19-15(17)25-16/h4-7H,8H2,1-3H3,(H2,17,19)(H,18,23). The van der Waals surface area contributed by atoms with Crippen molar-refractivity contribution in [2.75, 3.05) is 16.8 Å². The molecular formula is C16H18N6OS2. The van der Waals surface area contributed by atoms with E-state index in [0.717, 1.165) is 22.8 Å². The molecule has 0 saturated heterocycles. The summed E-state index contributed by atoms with van der Waals surface area (Å²) < 4.78 is 2.51. The van der Waals surface area contributed by atoms with Crippen molar-refractivity contribution in [1.29, 1.82) is 0 Å². The van der Waals surface area contributed by atoms with Gasteiger partial charge in [-0.05, 0) is 32.9 Å². The molecule has 0 radical (unpaired) electrons. The molecule has 7 nitrogen and oxygen atoms in total. The minimum absolute atomic E-state index is 0.117. The molecule has 3 aromatic rings. The molecule has 3 N–H and O–H groups in total. The van der Waals surface area contributed by atoms with Gasteiger partial charge in [-0.3, -0.25) is 4.79 Å². The van der Waals surface area contributed by atoms with E-state index in [4.69, 9.17) is 5.73 Å². The summed E-state index contributed by atoms with van der Waals surface area (Å²) in [4.78, 5) is 12.2. The van der Waals surface area contributed by atoms with Crippen molar-refractivity contribution in [1.82, 2.24) is 20.0 Å². The maximum absolute atomic E-state index is 12.2. The van der Waals surface area contributed by atoms with Gasteiger partial charge in [0.15, 0.2) is 4.34 Å². The van der Waals surface area contributed by atoms with Crippen molar-refractivity contribution < 1.29 is 4.79 Å². The van der Waals surface area contributed by atoms with E-state index in [2.05, 4.69) is 20.6 Å². The summed E-state index contributed by atoms with van der Waals surface area (Å²) in [6.07, 6.45) is 0. The van der Waals surface area contributed by atoms with Crippen LogP contribution in [-0.2, 0) is 4.79 Å². The van der Waals surface area contributed by atoms with E-state index >= 15 is 0 Å². The Balaban J connectivity index is 1.72. The number of nitrogens with one attached hydrogen (secondary N) is 1. The summed E-state index contributed by atoms with van der Waals surface area (Å²) in [7, 11) is 0. The van der Waals surface area contributed by atoms with Gasteiger partial charge in [0.1, 0.15) is 0 Å². The second-order valence-electron chi connectivity index (χ2n) is 5.54. The molecule has 9 heteroatoms. The lowest BCUT2D eigenvalue weighted by Crippen LogP contribution is -2.15. The van der Waals surface area contributed by atoms with Crippen LogP contribution in [0.5, 0.6) is 0 Å². The van der Waals surface area contributed by atoms with Crippen molar-refractivity contribution in [2.45, 2.75) is 25.1 Å². The zero-order chi connectivity index (χ0) is 18.0. The fraction of sp³-hybridized carbons (Fsp3) is 0.250. The van der Waals surface area contributed by atoms with E-state index in [9.17, 15) is 4.79 Å². The molecule has 0 fully saturated rings. The molecule has 0 aliphatic carbocycles. The number of aryl methyl sites for hydroxylation is 2. The smallest absolute Gasteiger partial charge is 0.234 e. The highest BCUT2D eigenvalue weighted by molar-refractivity contribution is 8.01. The summed E-state index contributed by atoms with van der Waals surface area (Å²) in [5, 5.41) is 15.5. The number of nitrogen functional groups attached to an aromatic ring is 1. The number of thioether (sulfide) groups is 1. The Hall–Kier alpha value is -2.39. The van der Waals surface area contributed by atoms with Crippen LogP contribution >= 0.6 is 23.1 Å². The molecule has 2 aromatic heterocycles. The van der Waals surface area contributed by atoms with E-state index in [1.54, 1.807) is 0 Å². The summed E-state index contributed by atoms with van der Waals surface area (Å²) in [5.74, 6) is 0.122. The maximum atomic E-state index is 12.2. The normalized spacial score (nSPS) is 10.8. The number of nitrogens with two attached hydrogens (primary N) is 1. The van der Waals surface area contributed by atoms with Gasteiger partial charge in [-0.2, -0.15) is 5.10 Å². The first kappa shape index (κ1) is 17.4. The van der Waals surface area contributed by atoms with Gasteiger partial charge in [-0.25, -0.2) is 4.68 Å². The zero-order valence-corrected chi connectivity index (χ0v) is 15.7. The van der Waals surface area contributed by atoms with E-state index in [-0.39, 0.29) is 11.7 Å². The molecule has 0 unspecified atom stereocenters. The summed E-state index contributed by atoms with van der Waals surface area (Å²) >= 11 is 2.58. The number of aromatic nitrogens is 4. The number of carbonyl (C=O) groups excluding carboxylic acids is 1. The highest BCUT2D eigenvalue weighted by Gasteiger charge is 2.16. The van der Waals surface area contributed by atoms with Crippen LogP contribution in [0, 0.1) is 20.8 Å². The third-order valence-electron chi connectivity index (χ3n) is 3.58. The quantitative estimate of drug-likeness (QED) is 0.666. The van der Waals surface area contributed by atoms with E-state index in [0.29, 0.717) is 9.47 Å². The molecule has 2 heterocycles. The molecule has 1 amide bonds. The van der Waals surface area contributed by atoms with Crippen LogP contribution in [0.25, 0.3) is 5.69 Å². The summed E-state index contributed by atoms with van der Waals surface area (Å²) in [6, 6.07) is 8.09. The number of carbonyl (C=O) groups is 1. The van der Waals surface area contributed by atoms with Crippen LogP contribution < -0.4 is 11.1 Å². The summed E-state index contributed by atoms with van der Waals surface area (Å²) in [6.45, 7) is 5.86. The van der Waals surface area contributed by atoms with Gasteiger partial charge in [0.05, 0.1) is 28.5 Å². The average molecular weight is 374 g/mol. The Morgan fingerprint density at radius 3 is 2.60 bits per heavy atom. The second-order valence-corrected chi connectivity index (χ2v) is 7.77. The van der Waals surface area contributed by atoms with Gasteiger partial charge in [-0.1, -0.05) is 40.8 Å². The largest absolute Gasteiger partial charge is 0.374 e. The number of amides is 1. The topological polar surface area (TPSA) is 98.7 Å². The molecule has 1 aromatic carbocycles. The Morgan fingerprint density at radius 2 is 1.96 bits per heavy atom. The zero-order valence-electron chi connectivity index (χ0n) is 14.1. The predicted molar refractivity (Wildman–Crippen MR) is 101 cm³/mol. The molecule has 0 aliphatic rings. The Kier molecular flexibility index (Phi) is 5.05. The number of hydrogen-bond acceptors (Lipinski definition) is 7. The van der Waals surface area contributed by atoms with Crippen molar-refractivity contribution in [2.24, 2.45) is 0 Å². The number of nitrogens with zero attached hydrogens (tertiary/aromatic N) is 4. The Bertz CT molecular complexity index is 900. The van der Waals surface area contributed by atoms with Crippen LogP contribution in [0.3, 0.4) is 0 Å². The second kappa shape index (κ2) is 7.24. The van der Waals surface area contributed by atoms with Gasteiger partial charge < -0.3 is 11.1 Å². The SMILES string of the molecule is Cc1ccc(-n2nc(C)c(NC(=O)CSc3nnc(N)s3)c2C)cc1. The highest BCUT2D eigenvalue weighted by atomic mass is 32.2. The van der Waals surface area contributed by atoms with Gasteiger partial charge >= 0.3 is 0 Å². The van der Waals surface area contributed by atoms with Crippen LogP contribution in [0.15, 0.2) is 28.6 Å². The third-order valence-corrected chi connectivity index (χ3v) is 5.47. The van der Waals surface area contributed by atoms with Crippen molar-refractivity contribution in [3.8, 4) is 5.69 Å². The van der Waals surface area contributed by atoms with Gasteiger partial charge in [-0.15, -0.1) is 10.2 Å².